The van der Waals surface area contributed by atoms with Crippen molar-refractivity contribution in [2.75, 3.05) is 10.6 Å². The molecular weight excluding hydrogens is 330 g/mol. The largest absolute Gasteiger partial charge is 0.374 e. The number of amides is 1. The lowest BCUT2D eigenvalue weighted by atomic mass is 10.2. The number of aryl methyl sites for hydroxylation is 1. The minimum absolute atomic E-state index is 0.118. The number of halogens is 1. The molecule has 0 aliphatic carbocycles. The number of nitrogens with zero attached hydrogens (tertiary/aromatic N) is 1. The maximum absolute atomic E-state index is 12.3. The van der Waals surface area contributed by atoms with Gasteiger partial charge >= 0.3 is 0 Å². The average molecular weight is 346 g/mol. The summed E-state index contributed by atoms with van der Waals surface area (Å²) in [5.74, 6) is -0.118. The highest BCUT2D eigenvalue weighted by Gasteiger charge is 2.13. The first-order chi connectivity index (χ1) is 11.0. The summed E-state index contributed by atoms with van der Waals surface area (Å²) in [7, 11) is 0. The van der Waals surface area contributed by atoms with Crippen LogP contribution in [0.1, 0.15) is 11.9 Å². The monoisotopic (exact) mass is 345 g/mol. The van der Waals surface area contributed by atoms with Crippen molar-refractivity contribution in [3.05, 3.63) is 52.5 Å². The van der Waals surface area contributed by atoms with Crippen molar-refractivity contribution < 1.29 is 4.79 Å². The molecular formula is C17H16ClN3OS. The van der Waals surface area contributed by atoms with Crippen LogP contribution in [0.3, 0.4) is 0 Å². The van der Waals surface area contributed by atoms with E-state index in [4.69, 9.17) is 11.6 Å². The van der Waals surface area contributed by atoms with Gasteiger partial charge in [0.25, 0.3) is 0 Å². The van der Waals surface area contributed by atoms with Crippen LogP contribution < -0.4 is 10.6 Å². The highest BCUT2D eigenvalue weighted by atomic mass is 35.5. The Balaban J connectivity index is 1.69. The molecule has 0 bridgehead atoms. The van der Waals surface area contributed by atoms with Crippen LogP contribution in [-0.2, 0) is 4.79 Å². The lowest BCUT2D eigenvalue weighted by molar-refractivity contribution is -0.116. The van der Waals surface area contributed by atoms with E-state index in [1.807, 2.05) is 38.1 Å². The van der Waals surface area contributed by atoms with Crippen LogP contribution in [0.15, 0.2) is 42.5 Å². The Morgan fingerprint density at radius 2 is 2.04 bits per heavy atom. The molecule has 3 rings (SSSR count). The van der Waals surface area contributed by atoms with Gasteiger partial charge in [-0.3, -0.25) is 4.79 Å². The lowest BCUT2D eigenvalue weighted by Crippen LogP contribution is -2.31. The summed E-state index contributed by atoms with van der Waals surface area (Å²) in [6.07, 6.45) is 0. The number of rotatable bonds is 4. The molecule has 0 fully saturated rings. The summed E-state index contributed by atoms with van der Waals surface area (Å²) in [5.41, 5.74) is 2.56. The first kappa shape index (κ1) is 15.8. The Morgan fingerprint density at radius 3 is 2.83 bits per heavy atom. The predicted molar refractivity (Wildman–Crippen MR) is 97.5 cm³/mol. The Labute approximate surface area is 143 Å². The highest BCUT2D eigenvalue weighted by Crippen LogP contribution is 2.25. The van der Waals surface area contributed by atoms with E-state index in [0.29, 0.717) is 10.7 Å². The third-order valence-corrected chi connectivity index (χ3v) is 4.53. The fourth-order valence-corrected chi connectivity index (χ4v) is 3.32. The van der Waals surface area contributed by atoms with E-state index in [2.05, 4.69) is 15.6 Å². The second-order valence-corrected chi connectivity index (χ2v) is 6.95. The summed E-state index contributed by atoms with van der Waals surface area (Å²) in [6, 6.07) is 12.6. The van der Waals surface area contributed by atoms with Gasteiger partial charge in [0.05, 0.1) is 15.2 Å². The Morgan fingerprint density at radius 1 is 1.22 bits per heavy atom. The van der Waals surface area contributed by atoms with E-state index in [-0.39, 0.29) is 11.9 Å². The maximum Gasteiger partial charge on any atom is 0.246 e. The molecule has 0 aliphatic heterocycles. The van der Waals surface area contributed by atoms with Crippen molar-refractivity contribution in [3.8, 4) is 0 Å². The van der Waals surface area contributed by atoms with Gasteiger partial charge in [0.1, 0.15) is 6.04 Å². The second-order valence-electron chi connectivity index (χ2n) is 5.28. The van der Waals surface area contributed by atoms with Crippen LogP contribution in [0.4, 0.5) is 11.4 Å². The van der Waals surface area contributed by atoms with Crippen LogP contribution in [0, 0.1) is 6.92 Å². The zero-order valence-corrected chi connectivity index (χ0v) is 14.3. The molecule has 1 amide bonds. The molecule has 0 saturated heterocycles. The summed E-state index contributed by atoms with van der Waals surface area (Å²) in [6.45, 7) is 3.81. The number of aromatic nitrogens is 1. The molecule has 4 nitrogen and oxygen atoms in total. The topological polar surface area (TPSA) is 54.0 Å². The second kappa shape index (κ2) is 6.56. The van der Waals surface area contributed by atoms with Gasteiger partial charge in [-0.25, -0.2) is 4.98 Å². The molecule has 0 spiro atoms. The number of thiazole rings is 1. The first-order valence-corrected chi connectivity index (χ1v) is 8.41. The smallest absolute Gasteiger partial charge is 0.246 e. The van der Waals surface area contributed by atoms with Gasteiger partial charge < -0.3 is 10.6 Å². The summed E-state index contributed by atoms with van der Waals surface area (Å²) >= 11 is 7.56. The molecule has 23 heavy (non-hydrogen) atoms. The number of carbonyl (C=O) groups excluding carboxylic acids is 1. The standard InChI is InChI=1S/C17H16ClN3OS/c1-10(17(22)21-13-5-3-4-12(18)8-13)19-14-6-7-15-16(9-14)23-11(2)20-15/h3-10,19H,1-2H3,(H,21,22)/t10-/m0/s1. The van der Waals surface area contributed by atoms with Crippen LogP contribution in [-0.4, -0.2) is 16.9 Å². The van der Waals surface area contributed by atoms with Crippen molar-refractivity contribution in [3.63, 3.8) is 0 Å². The minimum Gasteiger partial charge on any atom is -0.374 e. The van der Waals surface area contributed by atoms with E-state index >= 15 is 0 Å². The summed E-state index contributed by atoms with van der Waals surface area (Å²) in [4.78, 5) is 16.7. The fourth-order valence-electron chi connectivity index (χ4n) is 2.26. The first-order valence-electron chi connectivity index (χ1n) is 7.21. The normalized spacial score (nSPS) is 12.1. The van der Waals surface area contributed by atoms with E-state index in [0.717, 1.165) is 20.9 Å². The van der Waals surface area contributed by atoms with Crippen LogP contribution >= 0.6 is 22.9 Å². The highest BCUT2D eigenvalue weighted by molar-refractivity contribution is 7.18. The van der Waals surface area contributed by atoms with Gasteiger partial charge in [0, 0.05) is 16.4 Å². The molecule has 1 heterocycles. The van der Waals surface area contributed by atoms with Gasteiger partial charge in [0.2, 0.25) is 5.91 Å². The van der Waals surface area contributed by atoms with Crippen molar-refractivity contribution >= 4 is 50.4 Å². The number of hydrogen-bond donors (Lipinski definition) is 2. The number of fused-ring (bicyclic) bond motifs is 1. The fraction of sp³-hybridized carbons (Fsp3) is 0.176. The zero-order valence-electron chi connectivity index (χ0n) is 12.8. The van der Waals surface area contributed by atoms with Gasteiger partial charge in [-0.2, -0.15) is 0 Å². The molecule has 2 aromatic carbocycles. The zero-order chi connectivity index (χ0) is 16.4. The molecule has 2 N–H and O–H groups in total. The molecule has 0 saturated carbocycles. The molecule has 0 radical (unpaired) electrons. The van der Waals surface area contributed by atoms with Crippen molar-refractivity contribution in [1.29, 1.82) is 0 Å². The molecule has 118 valence electrons. The van der Waals surface area contributed by atoms with E-state index in [1.165, 1.54) is 0 Å². The molecule has 1 atom stereocenters. The summed E-state index contributed by atoms with van der Waals surface area (Å²) < 4.78 is 1.11. The average Bonchev–Trinajstić information content (AvgIpc) is 2.86. The van der Waals surface area contributed by atoms with Crippen molar-refractivity contribution in [2.45, 2.75) is 19.9 Å². The number of benzene rings is 2. The lowest BCUT2D eigenvalue weighted by Gasteiger charge is -2.15. The van der Waals surface area contributed by atoms with Gasteiger partial charge in [-0.1, -0.05) is 17.7 Å². The van der Waals surface area contributed by atoms with Gasteiger partial charge in [-0.05, 0) is 50.2 Å². The van der Waals surface area contributed by atoms with E-state index in [1.54, 1.807) is 29.5 Å². The van der Waals surface area contributed by atoms with Crippen LogP contribution in [0.25, 0.3) is 10.2 Å². The van der Waals surface area contributed by atoms with E-state index < -0.39 is 0 Å². The number of hydrogen-bond acceptors (Lipinski definition) is 4. The van der Waals surface area contributed by atoms with Crippen molar-refractivity contribution in [2.24, 2.45) is 0 Å². The maximum atomic E-state index is 12.3. The quantitative estimate of drug-likeness (QED) is 0.720. The Kier molecular flexibility index (Phi) is 4.50. The van der Waals surface area contributed by atoms with Crippen molar-refractivity contribution in [1.82, 2.24) is 4.98 Å². The molecule has 6 heteroatoms. The number of anilines is 2. The minimum atomic E-state index is -0.375. The molecule has 1 aromatic heterocycles. The van der Waals surface area contributed by atoms with E-state index in [9.17, 15) is 4.79 Å². The number of carbonyl (C=O) groups is 1. The van der Waals surface area contributed by atoms with Gasteiger partial charge in [-0.15, -0.1) is 11.3 Å². The summed E-state index contributed by atoms with van der Waals surface area (Å²) in [5, 5.41) is 7.68. The number of nitrogens with one attached hydrogen (secondary N) is 2. The third-order valence-electron chi connectivity index (χ3n) is 3.36. The third kappa shape index (κ3) is 3.81. The molecule has 0 unspecified atom stereocenters. The molecule has 3 aromatic rings. The van der Waals surface area contributed by atoms with Crippen LogP contribution in [0.5, 0.6) is 0 Å². The predicted octanol–water partition coefficient (Wildman–Crippen LogP) is 4.70. The van der Waals surface area contributed by atoms with Gasteiger partial charge in [0.15, 0.2) is 0 Å². The molecule has 0 aliphatic rings. The SMILES string of the molecule is Cc1nc2ccc(N[C@@H](C)C(=O)Nc3cccc(Cl)c3)cc2s1. The Hall–Kier alpha value is -2.11. The Bertz CT molecular complexity index is 862. The van der Waals surface area contributed by atoms with Crippen LogP contribution in [0.2, 0.25) is 5.02 Å².